The first kappa shape index (κ1) is 12.3. The van der Waals surface area contributed by atoms with Crippen molar-refractivity contribution in [2.45, 2.75) is 26.8 Å². The third-order valence-corrected chi connectivity index (χ3v) is 2.30. The van der Waals surface area contributed by atoms with Gasteiger partial charge in [-0.1, -0.05) is 13.8 Å². The van der Waals surface area contributed by atoms with E-state index in [1.54, 1.807) is 22.9 Å². The minimum absolute atomic E-state index is 0.0478. The van der Waals surface area contributed by atoms with E-state index in [0.717, 1.165) is 6.42 Å². The lowest BCUT2D eigenvalue weighted by Gasteiger charge is -2.08. The lowest BCUT2D eigenvalue weighted by Crippen LogP contribution is -2.29. The van der Waals surface area contributed by atoms with Crippen LogP contribution in [0.4, 0.5) is 0 Å². The standard InChI is InChI=1S/C12H17N3O/c1-10(2)5-6-14-12(16)9-15-7-3-4-11(15)8-13/h3-4,7,10H,5-6,9H2,1-2H3,(H,14,16). The van der Waals surface area contributed by atoms with Crippen LogP contribution in [0.5, 0.6) is 0 Å². The summed E-state index contributed by atoms with van der Waals surface area (Å²) in [4.78, 5) is 11.5. The third-order valence-electron chi connectivity index (χ3n) is 2.30. The zero-order valence-electron chi connectivity index (χ0n) is 9.73. The Balaban J connectivity index is 2.38. The Morgan fingerprint density at radius 2 is 2.38 bits per heavy atom. The summed E-state index contributed by atoms with van der Waals surface area (Å²) in [6.45, 7) is 5.14. The van der Waals surface area contributed by atoms with Crippen LogP contribution in [0.3, 0.4) is 0 Å². The van der Waals surface area contributed by atoms with Crippen molar-refractivity contribution in [1.29, 1.82) is 5.26 Å². The number of nitrogens with zero attached hydrogens (tertiary/aromatic N) is 2. The molecule has 0 fully saturated rings. The zero-order valence-corrected chi connectivity index (χ0v) is 9.73. The minimum Gasteiger partial charge on any atom is -0.355 e. The van der Waals surface area contributed by atoms with Crippen LogP contribution in [0.15, 0.2) is 18.3 Å². The normalized spacial score (nSPS) is 10.1. The monoisotopic (exact) mass is 219 g/mol. The molecule has 0 atom stereocenters. The number of amides is 1. The molecule has 1 amide bonds. The molecule has 0 saturated carbocycles. The Morgan fingerprint density at radius 1 is 1.62 bits per heavy atom. The van der Waals surface area contributed by atoms with Gasteiger partial charge in [0.15, 0.2) is 0 Å². The fourth-order valence-electron chi connectivity index (χ4n) is 1.36. The van der Waals surface area contributed by atoms with Gasteiger partial charge in [0.25, 0.3) is 0 Å². The largest absolute Gasteiger partial charge is 0.355 e. The highest BCUT2D eigenvalue weighted by Gasteiger charge is 2.05. The Bertz CT molecular complexity index is 387. The number of hydrogen-bond acceptors (Lipinski definition) is 2. The van der Waals surface area contributed by atoms with Crippen LogP contribution < -0.4 is 5.32 Å². The summed E-state index contributed by atoms with van der Waals surface area (Å²) in [5.41, 5.74) is 0.513. The van der Waals surface area contributed by atoms with Crippen LogP contribution >= 0.6 is 0 Å². The molecule has 1 aromatic rings. The predicted octanol–water partition coefficient (Wildman–Crippen LogP) is 1.52. The van der Waals surface area contributed by atoms with Gasteiger partial charge in [0, 0.05) is 12.7 Å². The summed E-state index contributed by atoms with van der Waals surface area (Å²) in [5, 5.41) is 11.6. The molecule has 4 nitrogen and oxygen atoms in total. The average Bonchev–Trinajstić information content (AvgIpc) is 2.64. The van der Waals surface area contributed by atoms with E-state index in [-0.39, 0.29) is 12.5 Å². The molecule has 0 saturated heterocycles. The minimum atomic E-state index is -0.0478. The predicted molar refractivity (Wildman–Crippen MR) is 61.6 cm³/mol. The first-order valence-corrected chi connectivity index (χ1v) is 5.45. The summed E-state index contributed by atoms with van der Waals surface area (Å²) in [7, 11) is 0. The molecule has 0 radical (unpaired) electrons. The first-order valence-electron chi connectivity index (χ1n) is 5.45. The van der Waals surface area contributed by atoms with Gasteiger partial charge in [0.05, 0.1) is 0 Å². The molecule has 1 rings (SSSR count). The second-order valence-electron chi connectivity index (χ2n) is 4.17. The summed E-state index contributed by atoms with van der Waals surface area (Å²) >= 11 is 0. The van der Waals surface area contributed by atoms with Gasteiger partial charge in [-0.2, -0.15) is 5.26 Å². The van der Waals surface area contributed by atoms with Crippen molar-refractivity contribution >= 4 is 5.91 Å². The van der Waals surface area contributed by atoms with E-state index in [1.807, 2.05) is 6.07 Å². The van der Waals surface area contributed by atoms with E-state index in [4.69, 9.17) is 5.26 Å². The second kappa shape index (κ2) is 5.96. The van der Waals surface area contributed by atoms with Gasteiger partial charge in [-0.25, -0.2) is 0 Å². The smallest absolute Gasteiger partial charge is 0.239 e. The van der Waals surface area contributed by atoms with Crippen LogP contribution in [0.25, 0.3) is 0 Å². The van der Waals surface area contributed by atoms with Crippen LogP contribution in [0, 0.1) is 17.2 Å². The Kier molecular flexibility index (Phi) is 4.59. The molecule has 0 aliphatic carbocycles. The summed E-state index contributed by atoms with van der Waals surface area (Å²) in [6.07, 6.45) is 2.71. The quantitative estimate of drug-likeness (QED) is 0.816. The van der Waals surface area contributed by atoms with Crippen molar-refractivity contribution in [2.24, 2.45) is 5.92 Å². The number of aromatic nitrogens is 1. The van der Waals surface area contributed by atoms with Crippen molar-refractivity contribution in [3.05, 3.63) is 24.0 Å². The molecule has 1 heterocycles. The number of rotatable bonds is 5. The first-order chi connectivity index (χ1) is 7.63. The lowest BCUT2D eigenvalue weighted by atomic mass is 10.1. The van der Waals surface area contributed by atoms with E-state index in [0.29, 0.717) is 18.2 Å². The van der Waals surface area contributed by atoms with Gasteiger partial charge >= 0.3 is 0 Å². The second-order valence-corrected chi connectivity index (χ2v) is 4.17. The molecule has 0 aliphatic rings. The maximum Gasteiger partial charge on any atom is 0.239 e. The van der Waals surface area contributed by atoms with Crippen LogP contribution in [0.2, 0.25) is 0 Å². The fraction of sp³-hybridized carbons (Fsp3) is 0.500. The molecule has 0 aromatic carbocycles. The molecule has 4 heteroatoms. The van der Waals surface area contributed by atoms with Gasteiger partial charge in [-0.3, -0.25) is 4.79 Å². The molecule has 0 bridgehead atoms. The van der Waals surface area contributed by atoms with Crippen LogP contribution in [-0.2, 0) is 11.3 Å². The van der Waals surface area contributed by atoms with Crippen molar-refractivity contribution in [1.82, 2.24) is 9.88 Å². The number of carbonyl (C=O) groups excluding carboxylic acids is 1. The Morgan fingerprint density at radius 3 is 3.00 bits per heavy atom. The maximum absolute atomic E-state index is 11.5. The lowest BCUT2D eigenvalue weighted by molar-refractivity contribution is -0.121. The van der Waals surface area contributed by atoms with Crippen LogP contribution in [-0.4, -0.2) is 17.0 Å². The Hall–Kier alpha value is -1.76. The van der Waals surface area contributed by atoms with E-state index >= 15 is 0 Å². The summed E-state index contributed by atoms with van der Waals surface area (Å²) in [6, 6.07) is 5.50. The third kappa shape index (κ3) is 3.77. The molecule has 86 valence electrons. The van der Waals surface area contributed by atoms with E-state index in [1.165, 1.54) is 0 Å². The molecule has 1 N–H and O–H groups in total. The number of nitrogens with one attached hydrogen (secondary N) is 1. The molecule has 0 unspecified atom stereocenters. The molecular formula is C12H17N3O. The number of carbonyl (C=O) groups is 1. The van der Waals surface area contributed by atoms with E-state index < -0.39 is 0 Å². The number of hydrogen-bond donors (Lipinski definition) is 1. The highest BCUT2D eigenvalue weighted by atomic mass is 16.1. The van der Waals surface area contributed by atoms with Crippen molar-refractivity contribution < 1.29 is 4.79 Å². The van der Waals surface area contributed by atoms with E-state index in [2.05, 4.69) is 19.2 Å². The van der Waals surface area contributed by atoms with Crippen molar-refractivity contribution in [2.75, 3.05) is 6.54 Å². The van der Waals surface area contributed by atoms with Gasteiger partial charge in [-0.05, 0) is 24.5 Å². The molecule has 16 heavy (non-hydrogen) atoms. The SMILES string of the molecule is CC(C)CCNC(=O)Cn1cccc1C#N. The maximum atomic E-state index is 11.5. The summed E-state index contributed by atoms with van der Waals surface area (Å²) < 4.78 is 1.64. The number of nitriles is 1. The van der Waals surface area contributed by atoms with Crippen molar-refractivity contribution in [3.8, 4) is 6.07 Å². The van der Waals surface area contributed by atoms with Gasteiger partial charge in [0.1, 0.15) is 18.3 Å². The average molecular weight is 219 g/mol. The molecule has 0 spiro atoms. The Labute approximate surface area is 95.9 Å². The van der Waals surface area contributed by atoms with Crippen molar-refractivity contribution in [3.63, 3.8) is 0 Å². The van der Waals surface area contributed by atoms with Gasteiger partial charge in [-0.15, -0.1) is 0 Å². The molecule has 0 aliphatic heterocycles. The highest BCUT2D eigenvalue weighted by molar-refractivity contribution is 5.75. The topological polar surface area (TPSA) is 57.8 Å². The zero-order chi connectivity index (χ0) is 12.0. The van der Waals surface area contributed by atoms with Gasteiger partial charge < -0.3 is 9.88 Å². The summed E-state index contributed by atoms with van der Waals surface area (Å²) in [5.74, 6) is 0.537. The van der Waals surface area contributed by atoms with Gasteiger partial charge in [0.2, 0.25) is 5.91 Å². The molecule has 1 aromatic heterocycles. The molecular weight excluding hydrogens is 202 g/mol. The van der Waals surface area contributed by atoms with Crippen LogP contribution in [0.1, 0.15) is 26.0 Å². The highest BCUT2D eigenvalue weighted by Crippen LogP contribution is 2.00. The van der Waals surface area contributed by atoms with E-state index in [9.17, 15) is 4.79 Å². The fourth-order valence-corrected chi connectivity index (χ4v) is 1.36.